The number of aliphatic hydroxyl groups excluding tert-OH is 1. The Kier molecular flexibility index (Phi) is 2.26. The third-order valence-corrected chi connectivity index (χ3v) is 3.36. The maximum Gasteiger partial charge on any atom is 0.105 e. The minimum atomic E-state index is -0.463. The highest BCUT2D eigenvalue weighted by molar-refractivity contribution is 5.42. The Morgan fingerprint density at radius 3 is 1.69 bits per heavy atom. The Balaban J connectivity index is 2.18. The van der Waals surface area contributed by atoms with Crippen LogP contribution in [0.3, 0.4) is 0 Å². The van der Waals surface area contributed by atoms with Crippen molar-refractivity contribution in [3.63, 3.8) is 0 Å². The third-order valence-electron chi connectivity index (χ3n) is 3.36. The molecule has 0 saturated carbocycles. The third kappa shape index (κ3) is 1.44. The average Bonchev–Trinajstić information content (AvgIpc) is 2.49. The van der Waals surface area contributed by atoms with E-state index in [4.69, 9.17) is 0 Å². The molecule has 0 spiro atoms. The molecule has 0 unspecified atom stereocenters. The van der Waals surface area contributed by atoms with Gasteiger partial charge in [-0.3, -0.25) is 0 Å². The molecule has 0 aliphatic heterocycles. The zero-order valence-electron chi connectivity index (χ0n) is 9.06. The van der Waals surface area contributed by atoms with Crippen LogP contribution in [0.4, 0.5) is 0 Å². The summed E-state index contributed by atoms with van der Waals surface area (Å²) < 4.78 is 0. The molecule has 0 amide bonds. The molecule has 0 fully saturated rings. The van der Waals surface area contributed by atoms with Crippen molar-refractivity contribution >= 4 is 0 Å². The van der Waals surface area contributed by atoms with Gasteiger partial charge in [0.1, 0.15) is 6.10 Å². The molecule has 3 rings (SSSR count). The van der Waals surface area contributed by atoms with Crippen LogP contribution in [0.25, 0.3) is 0 Å². The monoisotopic (exact) mass is 210 g/mol. The summed E-state index contributed by atoms with van der Waals surface area (Å²) in [4.78, 5) is 0. The average molecular weight is 210 g/mol. The molecule has 0 radical (unpaired) electrons. The van der Waals surface area contributed by atoms with E-state index in [1.807, 2.05) is 36.4 Å². The lowest BCUT2D eigenvalue weighted by molar-refractivity contribution is 0.219. The lowest BCUT2D eigenvalue weighted by Crippen LogP contribution is -2.01. The van der Waals surface area contributed by atoms with Crippen molar-refractivity contribution in [2.75, 3.05) is 0 Å². The van der Waals surface area contributed by atoms with Crippen molar-refractivity contribution in [3.05, 3.63) is 70.8 Å². The van der Waals surface area contributed by atoms with Gasteiger partial charge in [0.25, 0.3) is 0 Å². The Hall–Kier alpha value is -1.60. The molecule has 0 bridgehead atoms. The van der Waals surface area contributed by atoms with Crippen LogP contribution < -0.4 is 0 Å². The van der Waals surface area contributed by atoms with Gasteiger partial charge in [0.15, 0.2) is 0 Å². The summed E-state index contributed by atoms with van der Waals surface area (Å²) in [6, 6.07) is 16.4. The highest BCUT2D eigenvalue weighted by Gasteiger charge is 2.20. The van der Waals surface area contributed by atoms with E-state index in [9.17, 15) is 5.11 Å². The summed E-state index contributed by atoms with van der Waals surface area (Å²) in [7, 11) is 0. The molecule has 1 aliphatic rings. The van der Waals surface area contributed by atoms with Crippen molar-refractivity contribution in [1.29, 1.82) is 0 Å². The van der Waals surface area contributed by atoms with Crippen LogP contribution in [0.2, 0.25) is 0 Å². The van der Waals surface area contributed by atoms with Crippen molar-refractivity contribution in [2.24, 2.45) is 0 Å². The zero-order valence-corrected chi connectivity index (χ0v) is 9.06. The number of aryl methyl sites for hydroxylation is 2. The van der Waals surface area contributed by atoms with Gasteiger partial charge in [-0.2, -0.15) is 0 Å². The van der Waals surface area contributed by atoms with Crippen LogP contribution in [-0.4, -0.2) is 5.11 Å². The summed E-state index contributed by atoms with van der Waals surface area (Å²) in [5.74, 6) is 0. The predicted octanol–water partition coefficient (Wildman–Crippen LogP) is 2.87. The molecule has 0 heterocycles. The van der Waals surface area contributed by atoms with Crippen molar-refractivity contribution in [1.82, 2.24) is 0 Å². The lowest BCUT2D eigenvalue weighted by atomic mass is 9.97. The summed E-state index contributed by atoms with van der Waals surface area (Å²) in [5.41, 5.74) is 4.66. The topological polar surface area (TPSA) is 20.2 Å². The largest absolute Gasteiger partial charge is 0.384 e. The maximum absolute atomic E-state index is 10.4. The van der Waals surface area contributed by atoms with E-state index in [-0.39, 0.29) is 0 Å². The van der Waals surface area contributed by atoms with Gasteiger partial charge in [0, 0.05) is 0 Å². The fourth-order valence-corrected chi connectivity index (χ4v) is 2.49. The molecule has 2 aromatic rings. The number of benzene rings is 2. The van der Waals surface area contributed by atoms with Crippen molar-refractivity contribution in [2.45, 2.75) is 18.9 Å². The molecule has 0 atom stereocenters. The second kappa shape index (κ2) is 3.76. The lowest BCUT2D eigenvalue weighted by Gasteiger charge is -2.13. The van der Waals surface area contributed by atoms with E-state index in [2.05, 4.69) is 12.1 Å². The molecule has 1 aliphatic carbocycles. The molecule has 80 valence electrons. The van der Waals surface area contributed by atoms with Gasteiger partial charge >= 0.3 is 0 Å². The van der Waals surface area contributed by atoms with Gasteiger partial charge in [-0.25, -0.2) is 0 Å². The molecule has 1 heteroatoms. The molecule has 16 heavy (non-hydrogen) atoms. The first-order chi connectivity index (χ1) is 7.86. The van der Waals surface area contributed by atoms with Crippen molar-refractivity contribution in [3.8, 4) is 0 Å². The highest BCUT2D eigenvalue weighted by atomic mass is 16.3. The maximum atomic E-state index is 10.4. The van der Waals surface area contributed by atoms with Gasteiger partial charge < -0.3 is 5.11 Å². The first-order valence-corrected chi connectivity index (χ1v) is 5.70. The number of rotatable bonds is 0. The van der Waals surface area contributed by atoms with Gasteiger partial charge in [-0.15, -0.1) is 0 Å². The number of fused-ring (bicyclic) bond motifs is 2. The van der Waals surface area contributed by atoms with Gasteiger partial charge in [-0.1, -0.05) is 48.5 Å². The minimum absolute atomic E-state index is 0.463. The van der Waals surface area contributed by atoms with Crippen molar-refractivity contribution < 1.29 is 5.11 Å². The van der Waals surface area contributed by atoms with E-state index in [0.717, 1.165) is 24.0 Å². The Morgan fingerprint density at radius 2 is 1.19 bits per heavy atom. The van der Waals surface area contributed by atoms with Crippen LogP contribution >= 0.6 is 0 Å². The van der Waals surface area contributed by atoms with Crippen LogP contribution in [0.15, 0.2) is 48.5 Å². The molecule has 2 aromatic carbocycles. The molecular formula is C15H14O. The highest BCUT2D eigenvalue weighted by Crippen LogP contribution is 2.31. The SMILES string of the molecule is OC1c2ccccc2CCc2ccccc21. The summed E-state index contributed by atoms with van der Waals surface area (Å²) >= 11 is 0. The first-order valence-electron chi connectivity index (χ1n) is 5.70. The first kappa shape index (κ1) is 9.61. The smallest absolute Gasteiger partial charge is 0.105 e. The van der Waals surface area contributed by atoms with Crippen LogP contribution in [-0.2, 0) is 12.8 Å². The summed E-state index contributed by atoms with van der Waals surface area (Å²) in [5, 5.41) is 10.4. The molecule has 0 saturated heterocycles. The zero-order chi connectivity index (χ0) is 11.0. The standard InChI is InChI=1S/C15H14O/c16-15-13-7-3-1-5-11(13)9-10-12-6-2-4-8-14(12)15/h1-8,15-16H,9-10H2. The molecule has 1 nitrogen and oxygen atoms in total. The fraction of sp³-hybridized carbons (Fsp3) is 0.200. The van der Waals surface area contributed by atoms with Crippen LogP contribution in [0.5, 0.6) is 0 Å². The summed E-state index contributed by atoms with van der Waals surface area (Å²) in [6.45, 7) is 0. The fourth-order valence-electron chi connectivity index (χ4n) is 2.49. The van der Waals surface area contributed by atoms with E-state index < -0.39 is 6.10 Å². The normalized spacial score (nSPS) is 15.1. The van der Waals surface area contributed by atoms with E-state index in [0.29, 0.717) is 0 Å². The molecule has 0 aromatic heterocycles. The van der Waals surface area contributed by atoms with Gasteiger partial charge in [0.2, 0.25) is 0 Å². The number of hydrogen-bond acceptors (Lipinski definition) is 1. The molecule has 1 N–H and O–H groups in total. The second-order valence-electron chi connectivity index (χ2n) is 4.30. The number of hydrogen-bond donors (Lipinski definition) is 1. The summed E-state index contributed by atoms with van der Waals surface area (Å²) in [6.07, 6.45) is 1.57. The van der Waals surface area contributed by atoms with E-state index >= 15 is 0 Å². The second-order valence-corrected chi connectivity index (χ2v) is 4.30. The van der Waals surface area contributed by atoms with Crippen LogP contribution in [0.1, 0.15) is 28.4 Å². The Labute approximate surface area is 95.4 Å². The quantitative estimate of drug-likeness (QED) is 0.709. The Bertz CT molecular complexity index is 469. The van der Waals surface area contributed by atoms with E-state index in [1.54, 1.807) is 0 Å². The minimum Gasteiger partial charge on any atom is -0.384 e. The van der Waals surface area contributed by atoms with Gasteiger partial charge in [0.05, 0.1) is 0 Å². The Morgan fingerprint density at radius 1 is 0.750 bits per heavy atom. The predicted molar refractivity (Wildman–Crippen MR) is 64.4 cm³/mol. The van der Waals surface area contributed by atoms with E-state index in [1.165, 1.54) is 11.1 Å². The van der Waals surface area contributed by atoms with Crippen LogP contribution in [0, 0.1) is 0 Å². The molecular weight excluding hydrogens is 196 g/mol. The number of aliphatic hydroxyl groups is 1. The van der Waals surface area contributed by atoms with Gasteiger partial charge in [-0.05, 0) is 35.1 Å².